The molecule has 1 saturated heterocycles. The van der Waals surface area contributed by atoms with Gasteiger partial charge in [-0.2, -0.15) is 8.42 Å². The number of hydrogen-bond acceptors (Lipinski definition) is 6. The summed E-state index contributed by atoms with van der Waals surface area (Å²) in [6.07, 6.45) is 1.52. The average Bonchev–Trinajstić information content (AvgIpc) is 2.87. The molecule has 0 unspecified atom stereocenters. The van der Waals surface area contributed by atoms with Crippen molar-refractivity contribution >= 4 is 43.5 Å². The Balaban J connectivity index is 1.56. The molecule has 0 bridgehead atoms. The van der Waals surface area contributed by atoms with Gasteiger partial charge in [-0.1, -0.05) is 24.3 Å². The molecule has 0 radical (unpaired) electrons. The van der Waals surface area contributed by atoms with Gasteiger partial charge in [0.25, 0.3) is 0 Å². The summed E-state index contributed by atoms with van der Waals surface area (Å²) in [6.45, 7) is 3.04. The van der Waals surface area contributed by atoms with Crippen molar-refractivity contribution in [2.75, 3.05) is 17.4 Å². The van der Waals surface area contributed by atoms with Crippen LogP contribution in [-0.4, -0.2) is 54.6 Å². The number of nitrogens with two attached hydrogens (primary N) is 1. The summed E-state index contributed by atoms with van der Waals surface area (Å²) in [4.78, 5) is 13.6. The lowest BCUT2D eigenvalue weighted by molar-refractivity contribution is 0.130. The van der Waals surface area contributed by atoms with Gasteiger partial charge in [0.05, 0.1) is 18.1 Å². The Labute approximate surface area is 215 Å². The van der Waals surface area contributed by atoms with Crippen LogP contribution in [0, 0.1) is 10.8 Å². The standard InChI is InChI=1S/C26H29N5O5S/c1-17(27)30-12-10-24(11-13-30)36-23-8-6-22(7-9-23)31(37(34,35)26(32)33)16-18-2-3-19-4-5-20(25(28)29)15-21(19)14-18/h2-9,14-15,24,27H,10-13,16H2,1H3,(H3,28,29)(H,32,33). The molecule has 194 valence electrons. The molecule has 0 aromatic heterocycles. The highest BCUT2D eigenvalue weighted by Gasteiger charge is 2.31. The Morgan fingerprint density at radius 1 is 1.05 bits per heavy atom. The quantitative estimate of drug-likeness (QED) is 0.269. The van der Waals surface area contributed by atoms with Crippen molar-refractivity contribution in [3.8, 4) is 5.75 Å². The van der Waals surface area contributed by atoms with Crippen LogP contribution in [0.3, 0.4) is 0 Å². The van der Waals surface area contributed by atoms with Crippen molar-refractivity contribution in [1.29, 1.82) is 10.8 Å². The van der Waals surface area contributed by atoms with Gasteiger partial charge in [-0.25, -0.2) is 4.79 Å². The number of hydrogen-bond donors (Lipinski definition) is 4. The molecule has 0 saturated carbocycles. The summed E-state index contributed by atoms with van der Waals surface area (Å²) in [5.74, 6) is 1.01. The molecular formula is C26H29N5O5S. The maximum atomic E-state index is 12.8. The Morgan fingerprint density at radius 2 is 1.70 bits per heavy atom. The maximum absolute atomic E-state index is 12.8. The highest BCUT2D eigenvalue weighted by atomic mass is 32.2. The first-order valence-electron chi connectivity index (χ1n) is 11.7. The van der Waals surface area contributed by atoms with E-state index in [1.54, 1.807) is 43.3 Å². The van der Waals surface area contributed by atoms with Crippen LogP contribution in [0.1, 0.15) is 30.9 Å². The fourth-order valence-electron chi connectivity index (χ4n) is 4.33. The number of amidine groups is 2. The Kier molecular flexibility index (Phi) is 7.35. The number of anilines is 1. The number of nitrogens with one attached hydrogen (secondary N) is 2. The number of benzene rings is 3. The first kappa shape index (κ1) is 26.0. The third-order valence-corrected chi connectivity index (χ3v) is 7.76. The largest absolute Gasteiger partial charge is 0.490 e. The van der Waals surface area contributed by atoms with Gasteiger partial charge >= 0.3 is 15.3 Å². The van der Waals surface area contributed by atoms with E-state index < -0.39 is 15.3 Å². The van der Waals surface area contributed by atoms with Crippen molar-refractivity contribution in [2.45, 2.75) is 32.4 Å². The number of carbonyl (C=O) groups is 1. The normalized spacial score (nSPS) is 14.4. The third kappa shape index (κ3) is 5.83. The minimum Gasteiger partial charge on any atom is -0.490 e. The van der Waals surface area contributed by atoms with E-state index in [9.17, 15) is 18.3 Å². The Hall–Kier alpha value is -4.12. The fourth-order valence-corrected chi connectivity index (χ4v) is 5.24. The molecule has 3 aromatic rings. The van der Waals surface area contributed by atoms with Crippen LogP contribution in [0.2, 0.25) is 0 Å². The number of nitrogen functional groups attached to an aromatic ring is 1. The second-order valence-corrected chi connectivity index (χ2v) is 10.7. The minimum absolute atomic E-state index is 0.0159. The van der Waals surface area contributed by atoms with Gasteiger partial charge in [-0.3, -0.25) is 15.1 Å². The molecule has 11 heteroatoms. The molecule has 37 heavy (non-hydrogen) atoms. The Bertz CT molecular complexity index is 1450. The second kappa shape index (κ2) is 10.5. The van der Waals surface area contributed by atoms with E-state index in [4.69, 9.17) is 21.3 Å². The van der Waals surface area contributed by atoms with Gasteiger partial charge < -0.3 is 20.5 Å². The number of sulfonamides is 1. The van der Waals surface area contributed by atoms with Gasteiger partial charge in [-0.05, 0) is 59.7 Å². The molecule has 3 aromatic carbocycles. The fraction of sp³-hybridized carbons (Fsp3) is 0.269. The van der Waals surface area contributed by atoms with E-state index in [1.807, 2.05) is 17.0 Å². The van der Waals surface area contributed by atoms with Gasteiger partial charge in [0.2, 0.25) is 0 Å². The first-order valence-corrected chi connectivity index (χ1v) is 13.2. The molecule has 1 aliphatic heterocycles. The molecule has 0 aliphatic carbocycles. The van der Waals surface area contributed by atoms with E-state index in [1.165, 1.54) is 12.1 Å². The van der Waals surface area contributed by atoms with Crippen LogP contribution in [0.5, 0.6) is 5.75 Å². The van der Waals surface area contributed by atoms with Crippen molar-refractivity contribution in [2.24, 2.45) is 5.73 Å². The van der Waals surface area contributed by atoms with E-state index in [2.05, 4.69) is 0 Å². The molecule has 0 atom stereocenters. The molecule has 5 N–H and O–H groups in total. The second-order valence-electron chi connectivity index (χ2n) is 8.97. The van der Waals surface area contributed by atoms with Crippen molar-refractivity contribution in [1.82, 2.24) is 4.90 Å². The number of fused-ring (bicyclic) bond motifs is 1. The van der Waals surface area contributed by atoms with E-state index >= 15 is 0 Å². The van der Waals surface area contributed by atoms with Gasteiger partial charge in [0.15, 0.2) is 0 Å². The van der Waals surface area contributed by atoms with Gasteiger partial charge in [0.1, 0.15) is 17.7 Å². The lowest BCUT2D eigenvalue weighted by atomic mass is 10.0. The average molecular weight is 524 g/mol. The molecule has 1 aliphatic rings. The summed E-state index contributed by atoms with van der Waals surface area (Å²) in [5, 5.41) is 24.5. The molecule has 10 nitrogen and oxygen atoms in total. The van der Waals surface area contributed by atoms with Gasteiger partial charge in [0, 0.05) is 31.5 Å². The Morgan fingerprint density at radius 3 is 2.30 bits per heavy atom. The van der Waals surface area contributed by atoms with Crippen molar-refractivity contribution in [3.63, 3.8) is 0 Å². The van der Waals surface area contributed by atoms with Crippen LogP contribution in [-0.2, 0) is 16.6 Å². The van der Waals surface area contributed by atoms with Crippen LogP contribution in [0.4, 0.5) is 10.5 Å². The molecule has 4 rings (SSSR count). The third-order valence-electron chi connectivity index (χ3n) is 6.40. The SMILES string of the molecule is CC(=N)N1CCC(Oc2ccc(N(Cc3ccc4ccc(C(=N)N)cc4c3)S(=O)(=O)C(=O)O)cc2)CC1. The monoisotopic (exact) mass is 523 g/mol. The zero-order valence-corrected chi connectivity index (χ0v) is 21.2. The zero-order chi connectivity index (χ0) is 26.7. The molecular weight excluding hydrogens is 494 g/mol. The number of ether oxygens (including phenoxy) is 1. The maximum Gasteiger partial charge on any atom is 0.442 e. The minimum atomic E-state index is -4.69. The molecule has 1 fully saturated rings. The summed E-state index contributed by atoms with van der Waals surface area (Å²) >= 11 is 0. The van der Waals surface area contributed by atoms with E-state index in [-0.39, 0.29) is 24.2 Å². The van der Waals surface area contributed by atoms with Gasteiger partial charge in [-0.15, -0.1) is 0 Å². The lowest BCUT2D eigenvalue weighted by Gasteiger charge is -2.32. The number of nitrogens with zero attached hydrogens (tertiary/aromatic N) is 2. The number of carboxylic acid groups (broad SMARTS) is 1. The summed E-state index contributed by atoms with van der Waals surface area (Å²) in [5.41, 5.74) is 6.90. The number of rotatable bonds is 7. The van der Waals surface area contributed by atoms with Crippen LogP contribution < -0.4 is 14.8 Å². The van der Waals surface area contributed by atoms with Crippen molar-refractivity contribution in [3.05, 3.63) is 71.8 Å². The molecule has 0 amide bonds. The topological polar surface area (TPSA) is 161 Å². The van der Waals surface area contributed by atoms with E-state index in [0.29, 0.717) is 22.7 Å². The summed E-state index contributed by atoms with van der Waals surface area (Å²) in [7, 11) is -4.69. The highest BCUT2D eigenvalue weighted by molar-refractivity contribution is 8.06. The molecule has 0 spiro atoms. The van der Waals surface area contributed by atoms with E-state index in [0.717, 1.165) is 41.0 Å². The first-order chi connectivity index (χ1) is 17.5. The highest BCUT2D eigenvalue weighted by Crippen LogP contribution is 2.28. The van der Waals surface area contributed by atoms with Crippen LogP contribution in [0.15, 0.2) is 60.7 Å². The smallest absolute Gasteiger partial charge is 0.442 e. The van der Waals surface area contributed by atoms with Crippen molar-refractivity contribution < 1.29 is 23.1 Å². The predicted octanol–water partition coefficient (Wildman–Crippen LogP) is 3.98. The number of likely N-dealkylation sites (tertiary alicyclic amines) is 1. The summed E-state index contributed by atoms with van der Waals surface area (Å²) in [6, 6.07) is 16.9. The lowest BCUT2D eigenvalue weighted by Crippen LogP contribution is -2.40. The van der Waals surface area contributed by atoms with Crippen LogP contribution in [0.25, 0.3) is 10.8 Å². The zero-order valence-electron chi connectivity index (χ0n) is 20.3. The summed E-state index contributed by atoms with van der Waals surface area (Å²) < 4.78 is 32.4. The molecule has 1 heterocycles. The number of piperidine rings is 1. The predicted molar refractivity (Wildman–Crippen MR) is 143 cm³/mol. The van der Waals surface area contributed by atoms with Crippen LogP contribution >= 0.6 is 0 Å².